The maximum atomic E-state index is 11.6. The minimum atomic E-state index is -1.11. The third-order valence-corrected chi connectivity index (χ3v) is 4.16. The van der Waals surface area contributed by atoms with Crippen molar-refractivity contribution in [3.63, 3.8) is 0 Å². The number of carboxylic acid groups (broad SMARTS) is 1. The van der Waals surface area contributed by atoms with Crippen molar-refractivity contribution in [2.75, 3.05) is 0 Å². The zero-order valence-electron chi connectivity index (χ0n) is 9.73. The molecular weight excluding hydrogens is 208 g/mol. The van der Waals surface area contributed by atoms with Gasteiger partial charge in [-0.15, -0.1) is 0 Å². The van der Waals surface area contributed by atoms with Crippen LogP contribution in [-0.2, 0) is 14.3 Å². The van der Waals surface area contributed by atoms with Crippen molar-refractivity contribution in [3.8, 4) is 0 Å². The van der Waals surface area contributed by atoms with Crippen molar-refractivity contribution >= 4 is 11.9 Å². The number of hydrogen-bond acceptors (Lipinski definition) is 3. The molecule has 0 aliphatic heterocycles. The van der Waals surface area contributed by atoms with Crippen molar-refractivity contribution in [3.05, 3.63) is 0 Å². The van der Waals surface area contributed by atoms with Gasteiger partial charge in [-0.05, 0) is 51.4 Å². The lowest BCUT2D eigenvalue weighted by molar-refractivity contribution is -0.172. The lowest BCUT2D eigenvalue weighted by Crippen LogP contribution is -2.40. The molecule has 1 N–H and O–H groups in total. The van der Waals surface area contributed by atoms with Crippen LogP contribution in [0, 0.1) is 17.8 Å². The number of rotatable bonds is 3. The Hall–Kier alpha value is -1.06. The van der Waals surface area contributed by atoms with Crippen molar-refractivity contribution < 1.29 is 19.4 Å². The Morgan fingerprint density at radius 1 is 1.44 bits per heavy atom. The van der Waals surface area contributed by atoms with E-state index in [0.717, 1.165) is 19.3 Å². The van der Waals surface area contributed by atoms with Crippen molar-refractivity contribution in [2.45, 2.75) is 45.1 Å². The third-order valence-electron chi connectivity index (χ3n) is 4.16. The van der Waals surface area contributed by atoms with Crippen LogP contribution in [0.25, 0.3) is 0 Å². The predicted molar refractivity (Wildman–Crippen MR) is 56.7 cm³/mol. The van der Waals surface area contributed by atoms with E-state index >= 15 is 0 Å². The van der Waals surface area contributed by atoms with Crippen molar-refractivity contribution in [1.82, 2.24) is 0 Å². The molecule has 0 saturated heterocycles. The average Bonchev–Trinajstić information content (AvgIpc) is 2.75. The first-order valence-electron chi connectivity index (χ1n) is 5.88. The lowest BCUT2D eigenvalue weighted by Gasteiger charge is -2.34. The van der Waals surface area contributed by atoms with Crippen molar-refractivity contribution in [1.29, 1.82) is 0 Å². The van der Waals surface area contributed by atoms with Gasteiger partial charge in [0, 0.05) is 0 Å². The van der Waals surface area contributed by atoms with Gasteiger partial charge in [0.25, 0.3) is 0 Å². The zero-order valence-corrected chi connectivity index (χ0v) is 9.73. The summed E-state index contributed by atoms with van der Waals surface area (Å²) in [6.07, 6.45) is 4.36. The van der Waals surface area contributed by atoms with E-state index in [9.17, 15) is 9.59 Å². The molecule has 0 heterocycles. The van der Waals surface area contributed by atoms with E-state index in [2.05, 4.69) is 0 Å². The second-order valence-corrected chi connectivity index (χ2v) is 5.37. The fourth-order valence-electron chi connectivity index (χ4n) is 3.10. The van der Waals surface area contributed by atoms with E-state index in [1.807, 2.05) is 6.92 Å². The Morgan fingerprint density at radius 2 is 2.12 bits per heavy atom. The van der Waals surface area contributed by atoms with Crippen LogP contribution in [0.3, 0.4) is 0 Å². The molecule has 0 spiro atoms. The predicted octanol–water partition coefficient (Wildman–Crippen LogP) is 1.83. The second-order valence-electron chi connectivity index (χ2n) is 5.37. The highest BCUT2D eigenvalue weighted by atomic mass is 16.6. The van der Waals surface area contributed by atoms with Crippen LogP contribution in [0.5, 0.6) is 0 Å². The van der Waals surface area contributed by atoms with Crippen molar-refractivity contribution in [2.24, 2.45) is 17.8 Å². The second kappa shape index (κ2) is 3.75. The van der Waals surface area contributed by atoms with Crippen LogP contribution in [0.4, 0.5) is 0 Å². The normalized spacial score (nSPS) is 38.4. The topological polar surface area (TPSA) is 63.6 Å². The number of carboxylic acids is 1. The first-order chi connectivity index (χ1) is 7.42. The molecule has 4 nitrogen and oxygen atoms in total. The molecule has 2 fully saturated rings. The molecule has 0 amide bonds. The molecule has 2 aliphatic carbocycles. The summed E-state index contributed by atoms with van der Waals surface area (Å²) in [4.78, 5) is 22.3. The Kier molecular flexibility index (Phi) is 2.68. The molecule has 0 radical (unpaired) electrons. The van der Waals surface area contributed by atoms with Gasteiger partial charge in [0.05, 0.1) is 0 Å². The average molecular weight is 226 g/mol. The van der Waals surface area contributed by atoms with Gasteiger partial charge < -0.3 is 9.84 Å². The number of fused-ring (bicyclic) bond motifs is 2. The summed E-state index contributed by atoms with van der Waals surface area (Å²) >= 11 is 0. The number of esters is 1. The molecule has 90 valence electrons. The molecule has 16 heavy (non-hydrogen) atoms. The van der Waals surface area contributed by atoms with Gasteiger partial charge >= 0.3 is 11.9 Å². The molecule has 0 aromatic heterocycles. The molecule has 2 rings (SSSR count). The Bertz CT molecular complexity index is 325. The molecule has 2 bridgehead atoms. The van der Waals surface area contributed by atoms with E-state index in [0.29, 0.717) is 11.8 Å². The summed E-state index contributed by atoms with van der Waals surface area (Å²) in [7, 11) is 0. The van der Waals surface area contributed by atoms with Crippen LogP contribution in [-0.4, -0.2) is 22.6 Å². The molecular formula is C12H18O4. The summed E-state index contributed by atoms with van der Waals surface area (Å²) in [6, 6.07) is 0. The molecule has 4 atom stereocenters. The number of ether oxygens (including phenoxy) is 1. The van der Waals surface area contributed by atoms with Crippen LogP contribution >= 0.6 is 0 Å². The van der Waals surface area contributed by atoms with Gasteiger partial charge in [0.2, 0.25) is 0 Å². The summed E-state index contributed by atoms with van der Waals surface area (Å²) in [5.74, 6) is -1.67. The summed E-state index contributed by atoms with van der Waals surface area (Å²) < 4.78 is 5.44. The highest BCUT2D eigenvalue weighted by molar-refractivity contribution is 5.93. The number of carbonyl (C=O) groups excluding carboxylic acids is 1. The van der Waals surface area contributed by atoms with E-state index in [4.69, 9.17) is 9.84 Å². The van der Waals surface area contributed by atoms with E-state index in [1.54, 1.807) is 0 Å². The first kappa shape index (κ1) is 11.4. The summed E-state index contributed by atoms with van der Waals surface area (Å²) in [6.45, 7) is 3.32. The number of hydrogen-bond donors (Lipinski definition) is 1. The zero-order chi connectivity index (χ0) is 11.9. The van der Waals surface area contributed by atoms with Gasteiger partial charge in [-0.1, -0.05) is 0 Å². The fraction of sp³-hybridized carbons (Fsp3) is 0.833. The third kappa shape index (κ3) is 1.81. The van der Waals surface area contributed by atoms with Gasteiger partial charge in [0.15, 0.2) is 5.92 Å². The van der Waals surface area contributed by atoms with Gasteiger partial charge in [0.1, 0.15) is 5.60 Å². The highest BCUT2D eigenvalue weighted by Gasteiger charge is 2.51. The van der Waals surface area contributed by atoms with Gasteiger partial charge in [-0.3, -0.25) is 9.59 Å². The standard InChI is InChI=1S/C12H18O4/c1-7(10(13)14)11(15)16-12(2)6-8-3-4-9(12)5-8/h7-9H,3-6H2,1-2H3,(H,13,14). The molecule has 0 aromatic rings. The van der Waals surface area contributed by atoms with Crippen LogP contribution in [0.1, 0.15) is 39.5 Å². The minimum Gasteiger partial charge on any atom is -0.481 e. The number of aliphatic carboxylic acids is 1. The van der Waals surface area contributed by atoms with Gasteiger partial charge in [-0.25, -0.2) is 0 Å². The SMILES string of the molecule is CC(C(=O)O)C(=O)OC1(C)CC2CCC1C2. The summed E-state index contributed by atoms with van der Waals surface area (Å²) in [5, 5.41) is 8.74. The van der Waals surface area contributed by atoms with Crippen LogP contribution < -0.4 is 0 Å². The Labute approximate surface area is 95.0 Å². The number of carbonyl (C=O) groups is 2. The fourth-order valence-corrected chi connectivity index (χ4v) is 3.10. The van der Waals surface area contributed by atoms with Gasteiger partial charge in [-0.2, -0.15) is 0 Å². The maximum absolute atomic E-state index is 11.6. The van der Waals surface area contributed by atoms with E-state index in [-0.39, 0.29) is 0 Å². The maximum Gasteiger partial charge on any atom is 0.320 e. The Balaban J connectivity index is 1.99. The first-order valence-corrected chi connectivity index (χ1v) is 5.88. The lowest BCUT2D eigenvalue weighted by atomic mass is 9.85. The molecule has 2 saturated carbocycles. The van der Waals surface area contributed by atoms with Crippen LogP contribution in [0.2, 0.25) is 0 Å². The minimum absolute atomic E-state index is 0.413. The molecule has 0 aromatic carbocycles. The Morgan fingerprint density at radius 3 is 2.56 bits per heavy atom. The van der Waals surface area contributed by atoms with E-state index < -0.39 is 23.5 Å². The largest absolute Gasteiger partial charge is 0.481 e. The molecule has 4 unspecified atom stereocenters. The monoisotopic (exact) mass is 226 g/mol. The van der Waals surface area contributed by atoms with Crippen LogP contribution in [0.15, 0.2) is 0 Å². The quantitative estimate of drug-likeness (QED) is 0.589. The molecule has 2 aliphatic rings. The smallest absolute Gasteiger partial charge is 0.320 e. The highest BCUT2D eigenvalue weighted by Crippen LogP contribution is 2.52. The van der Waals surface area contributed by atoms with E-state index in [1.165, 1.54) is 13.3 Å². The molecule has 4 heteroatoms. The summed E-state index contributed by atoms with van der Waals surface area (Å²) in [5.41, 5.74) is -0.413.